The molecule has 0 aliphatic heterocycles. The van der Waals surface area contributed by atoms with Crippen LogP contribution in [0, 0.1) is 6.92 Å². The summed E-state index contributed by atoms with van der Waals surface area (Å²) in [5.74, 6) is 0.487. The van der Waals surface area contributed by atoms with Crippen LogP contribution in [0.2, 0.25) is 0 Å². The van der Waals surface area contributed by atoms with Crippen LogP contribution >= 0.6 is 0 Å². The number of ether oxygens (including phenoxy) is 1. The molecule has 1 amide bonds. The number of nitrogens with one attached hydrogen (secondary N) is 2. The van der Waals surface area contributed by atoms with E-state index in [4.69, 9.17) is 4.74 Å². The number of pyridine rings is 1. The zero-order valence-electron chi connectivity index (χ0n) is 15.7. The molecule has 0 radical (unpaired) electrons. The van der Waals surface area contributed by atoms with Gasteiger partial charge in [-0.2, -0.15) is 0 Å². The van der Waals surface area contributed by atoms with Crippen LogP contribution in [0.15, 0.2) is 60.8 Å². The number of benzene rings is 2. The van der Waals surface area contributed by atoms with Crippen molar-refractivity contribution in [3.63, 3.8) is 0 Å². The highest BCUT2D eigenvalue weighted by atomic mass is 16.5. The summed E-state index contributed by atoms with van der Waals surface area (Å²) in [7, 11) is 1.60. The molecule has 1 aromatic heterocycles. The van der Waals surface area contributed by atoms with Gasteiger partial charge in [0.05, 0.1) is 19.0 Å². The highest BCUT2D eigenvalue weighted by Gasteiger charge is 2.09. The molecule has 0 spiro atoms. The van der Waals surface area contributed by atoms with Gasteiger partial charge in [0.15, 0.2) is 0 Å². The number of nitrogens with zero attached hydrogens (tertiary/aromatic N) is 1. The first-order valence-electron chi connectivity index (χ1n) is 8.87. The molecule has 3 aromatic rings. The summed E-state index contributed by atoms with van der Waals surface area (Å²) in [5, 5.41) is 6.24. The molecule has 0 aliphatic carbocycles. The van der Waals surface area contributed by atoms with Gasteiger partial charge < -0.3 is 15.4 Å². The van der Waals surface area contributed by atoms with E-state index in [0.29, 0.717) is 11.4 Å². The Balaban J connectivity index is 1.70. The molecule has 0 saturated heterocycles. The number of carbonyl (C=O) groups is 1. The average molecular weight is 361 g/mol. The maximum Gasteiger partial charge on any atom is 0.274 e. The van der Waals surface area contributed by atoms with E-state index in [0.717, 1.165) is 23.5 Å². The lowest BCUT2D eigenvalue weighted by Gasteiger charge is -2.14. The number of carbonyl (C=O) groups excluding carboxylic acids is 1. The number of hydrogen-bond acceptors (Lipinski definition) is 4. The van der Waals surface area contributed by atoms with E-state index < -0.39 is 0 Å². The summed E-state index contributed by atoms with van der Waals surface area (Å²) in [4.78, 5) is 16.7. The van der Waals surface area contributed by atoms with Gasteiger partial charge in [0.1, 0.15) is 11.4 Å². The topological polar surface area (TPSA) is 63.2 Å². The minimum Gasteiger partial charge on any atom is -0.497 e. The van der Waals surface area contributed by atoms with Gasteiger partial charge >= 0.3 is 0 Å². The van der Waals surface area contributed by atoms with E-state index in [1.807, 2.05) is 6.07 Å². The molecule has 138 valence electrons. The fourth-order valence-electron chi connectivity index (χ4n) is 2.82. The maximum atomic E-state index is 12.4. The van der Waals surface area contributed by atoms with Crippen LogP contribution in [0.1, 0.15) is 28.5 Å². The Morgan fingerprint density at radius 1 is 1.04 bits per heavy atom. The van der Waals surface area contributed by atoms with Crippen LogP contribution < -0.4 is 15.4 Å². The van der Waals surface area contributed by atoms with Crippen molar-refractivity contribution < 1.29 is 9.53 Å². The Morgan fingerprint density at radius 2 is 1.78 bits per heavy atom. The zero-order chi connectivity index (χ0) is 19.2. The predicted octanol–water partition coefficient (Wildman–Crippen LogP) is 4.96. The minimum atomic E-state index is -0.253. The third-order valence-corrected chi connectivity index (χ3v) is 4.35. The molecule has 2 aromatic carbocycles. The van der Waals surface area contributed by atoms with Crippen LogP contribution in [-0.2, 0) is 6.42 Å². The summed E-state index contributed by atoms with van der Waals surface area (Å²) in [5.41, 5.74) is 5.42. The van der Waals surface area contributed by atoms with Crippen LogP contribution in [-0.4, -0.2) is 18.0 Å². The normalized spacial score (nSPS) is 10.3. The number of hydrogen-bond donors (Lipinski definition) is 2. The summed E-state index contributed by atoms with van der Waals surface area (Å²) in [6, 6.07) is 17.0. The van der Waals surface area contributed by atoms with Crippen molar-refractivity contribution in [2.75, 3.05) is 17.7 Å². The number of aryl methyl sites for hydroxylation is 2. The molecule has 0 aliphatic rings. The van der Waals surface area contributed by atoms with Gasteiger partial charge in [-0.1, -0.05) is 25.1 Å². The van der Waals surface area contributed by atoms with Gasteiger partial charge in [0, 0.05) is 11.4 Å². The van der Waals surface area contributed by atoms with Gasteiger partial charge in [0.2, 0.25) is 0 Å². The molecule has 0 atom stereocenters. The van der Waals surface area contributed by atoms with Crippen molar-refractivity contribution in [1.29, 1.82) is 0 Å². The number of methoxy groups -OCH3 is 1. The van der Waals surface area contributed by atoms with E-state index in [1.54, 1.807) is 43.6 Å². The third-order valence-electron chi connectivity index (χ3n) is 4.35. The first kappa shape index (κ1) is 18.5. The standard InChI is InChI=1S/C22H23N3O2/c1-4-16-7-5-6-15(2)21(16)24-18-10-13-20(23-14-18)22(26)25-17-8-11-19(27-3)12-9-17/h5-14,24H,4H2,1-3H3,(H,25,26). The van der Waals surface area contributed by atoms with Crippen LogP contribution in [0.4, 0.5) is 17.1 Å². The highest BCUT2D eigenvalue weighted by molar-refractivity contribution is 6.03. The quantitative estimate of drug-likeness (QED) is 0.651. The lowest BCUT2D eigenvalue weighted by molar-refractivity contribution is 0.102. The van der Waals surface area contributed by atoms with E-state index in [1.165, 1.54) is 11.1 Å². The molecule has 2 N–H and O–H groups in total. The summed E-state index contributed by atoms with van der Waals surface area (Å²) in [6.45, 7) is 4.20. The lowest BCUT2D eigenvalue weighted by atomic mass is 10.1. The summed E-state index contributed by atoms with van der Waals surface area (Å²) >= 11 is 0. The van der Waals surface area contributed by atoms with Gasteiger partial charge in [-0.15, -0.1) is 0 Å². The fourth-order valence-corrected chi connectivity index (χ4v) is 2.82. The van der Waals surface area contributed by atoms with Gasteiger partial charge in [0.25, 0.3) is 5.91 Å². The summed E-state index contributed by atoms with van der Waals surface area (Å²) < 4.78 is 5.11. The average Bonchev–Trinajstić information content (AvgIpc) is 2.70. The second kappa shape index (κ2) is 8.36. The van der Waals surface area contributed by atoms with Crippen molar-refractivity contribution in [3.05, 3.63) is 77.6 Å². The summed E-state index contributed by atoms with van der Waals surface area (Å²) in [6.07, 6.45) is 2.62. The van der Waals surface area contributed by atoms with E-state index in [-0.39, 0.29) is 5.91 Å². The van der Waals surface area contributed by atoms with E-state index >= 15 is 0 Å². The molecule has 1 heterocycles. The van der Waals surface area contributed by atoms with Crippen molar-refractivity contribution in [1.82, 2.24) is 4.98 Å². The highest BCUT2D eigenvalue weighted by Crippen LogP contribution is 2.25. The lowest BCUT2D eigenvalue weighted by Crippen LogP contribution is -2.13. The first-order valence-corrected chi connectivity index (χ1v) is 8.87. The largest absolute Gasteiger partial charge is 0.497 e. The smallest absolute Gasteiger partial charge is 0.274 e. The number of aromatic nitrogens is 1. The number of amides is 1. The molecular formula is C22H23N3O2. The Hall–Kier alpha value is -3.34. The Morgan fingerprint density at radius 3 is 2.41 bits per heavy atom. The van der Waals surface area contributed by atoms with E-state index in [9.17, 15) is 4.79 Å². The molecule has 5 nitrogen and oxygen atoms in total. The fraction of sp³-hybridized carbons (Fsp3) is 0.182. The second-order valence-electron chi connectivity index (χ2n) is 6.20. The Bertz CT molecular complexity index is 919. The molecule has 0 saturated carbocycles. The molecule has 27 heavy (non-hydrogen) atoms. The Labute approximate surface area is 159 Å². The van der Waals surface area contributed by atoms with Crippen LogP contribution in [0.5, 0.6) is 5.75 Å². The van der Waals surface area contributed by atoms with Crippen molar-refractivity contribution in [2.24, 2.45) is 0 Å². The van der Waals surface area contributed by atoms with Crippen molar-refractivity contribution in [3.8, 4) is 5.75 Å². The maximum absolute atomic E-state index is 12.4. The molecule has 0 bridgehead atoms. The molecule has 5 heteroatoms. The molecule has 0 fully saturated rings. The number of para-hydroxylation sites is 1. The molecule has 3 rings (SSSR count). The number of anilines is 3. The molecular weight excluding hydrogens is 338 g/mol. The predicted molar refractivity (Wildman–Crippen MR) is 109 cm³/mol. The molecule has 0 unspecified atom stereocenters. The SMILES string of the molecule is CCc1cccc(C)c1Nc1ccc(C(=O)Nc2ccc(OC)cc2)nc1. The number of rotatable bonds is 6. The Kier molecular flexibility index (Phi) is 5.71. The van der Waals surface area contributed by atoms with Crippen molar-refractivity contribution >= 4 is 23.0 Å². The van der Waals surface area contributed by atoms with Gasteiger partial charge in [-0.25, -0.2) is 4.98 Å². The van der Waals surface area contributed by atoms with Crippen LogP contribution in [0.3, 0.4) is 0 Å². The second-order valence-corrected chi connectivity index (χ2v) is 6.20. The zero-order valence-corrected chi connectivity index (χ0v) is 15.7. The van der Waals surface area contributed by atoms with Gasteiger partial charge in [-0.3, -0.25) is 4.79 Å². The van der Waals surface area contributed by atoms with Crippen LogP contribution in [0.25, 0.3) is 0 Å². The first-order chi connectivity index (χ1) is 13.1. The minimum absolute atomic E-state index is 0.253. The van der Waals surface area contributed by atoms with E-state index in [2.05, 4.69) is 47.7 Å². The monoisotopic (exact) mass is 361 g/mol. The van der Waals surface area contributed by atoms with Crippen molar-refractivity contribution in [2.45, 2.75) is 20.3 Å². The van der Waals surface area contributed by atoms with Gasteiger partial charge in [-0.05, 0) is 60.9 Å². The third kappa shape index (κ3) is 4.44.